The summed E-state index contributed by atoms with van der Waals surface area (Å²) in [6, 6.07) is 10.4. The summed E-state index contributed by atoms with van der Waals surface area (Å²) in [7, 11) is 0. The lowest BCUT2D eigenvalue weighted by molar-refractivity contribution is -0.143. The van der Waals surface area contributed by atoms with E-state index in [-0.39, 0.29) is 11.0 Å². The highest BCUT2D eigenvalue weighted by molar-refractivity contribution is 6.09. The van der Waals surface area contributed by atoms with Gasteiger partial charge >= 0.3 is 6.18 Å². The summed E-state index contributed by atoms with van der Waals surface area (Å²) < 4.78 is 99.4. The van der Waals surface area contributed by atoms with Gasteiger partial charge in [0.15, 0.2) is 23.3 Å². The van der Waals surface area contributed by atoms with Gasteiger partial charge in [-0.1, -0.05) is 38.8 Å². The van der Waals surface area contributed by atoms with Crippen molar-refractivity contribution < 1.29 is 30.7 Å². The summed E-state index contributed by atoms with van der Waals surface area (Å²) >= 11 is 0. The maximum Gasteiger partial charge on any atom is 0.422 e. The fourth-order valence-electron chi connectivity index (χ4n) is 4.50. The molecule has 4 rings (SSSR count). The first-order chi connectivity index (χ1) is 16.6. The molecule has 35 heavy (non-hydrogen) atoms. The highest BCUT2D eigenvalue weighted by Crippen LogP contribution is 2.41. The number of fused-ring (bicyclic) bond motifs is 3. The minimum absolute atomic E-state index is 0.240. The van der Waals surface area contributed by atoms with Gasteiger partial charge in [-0.15, -0.1) is 0 Å². The molecule has 0 unspecified atom stereocenters. The molecule has 8 heteroatoms. The molecule has 0 atom stereocenters. The molecule has 0 spiro atoms. The van der Waals surface area contributed by atoms with Gasteiger partial charge in [-0.2, -0.15) is 13.2 Å². The van der Waals surface area contributed by atoms with Crippen LogP contribution < -0.4 is 0 Å². The van der Waals surface area contributed by atoms with Crippen LogP contribution in [0.15, 0.2) is 36.4 Å². The summed E-state index contributed by atoms with van der Waals surface area (Å²) in [5.41, 5.74) is -1.36. The molecular weight excluding hydrogens is 471 g/mol. The van der Waals surface area contributed by atoms with Crippen LogP contribution in [0.1, 0.15) is 56.2 Å². The first kappa shape index (κ1) is 25.1. The topological polar surface area (TPSA) is 4.93 Å². The van der Waals surface area contributed by atoms with Gasteiger partial charge < -0.3 is 4.57 Å². The summed E-state index contributed by atoms with van der Waals surface area (Å²) in [5, 5.41) is 1.21. The first-order valence-corrected chi connectivity index (χ1v) is 11.6. The van der Waals surface area contributed by atoms with E-state index in [4.69, 9.17) is 0 Å². The van der Waals surface area contributed by atoms with Gasteiger partial charge in [0.25, 0.3) is 0 Å². The zero-order chi connectivity index (χ0) is 25.5. The van der Waals surface area contributed by atoms with Gasteiger partial charge in [-0.05, 0) is 61.1 Å². The van der Waals surface area contributed by atoms with E-state index in [9.17, 15) is 22.0 Å². The predicted molar refractivity (Wildman–Crippen MR) is 123 cm³/mol. The largest absolute Gasteiger partial charge is 0.422 e. The van der Waals surface area contributed by atoms with Crippen LogP contribution in [0.2, 0.25) is 0 Å². The Balaban J connectivity index is 2.07. The maximum atomic E-state index is 15.0. The molecule has 0 aliphatic rings. The van der Waals surface area contributed by atoms with Crippen molar-refractivity contribution >= 4 is 21.8 Å². The van der Waals surface area contributed by atoms with Crippen LogP contribution >= 0.6 is 0 Å². The number of nitrogens with zero attached hydrogens (tertiary/aromatic N) is 1. The lowest BCUT2D eigenvalue weighted by Crippen LogP contribution is -2.17. The maximum absolute atomic E-state index is 15.0. The third kappa shape index (κ3) is 4.39. The highest BCUT2D eigenvalue weighted by Gasteiger charge is 2.43. The molecule has 4 aromatic rings. The molecule has 0 aliphatic heterocycles. The Morgan fingerprint density at radius 1 is 0.657 bits per heavy atom. The number of hydrogen-bond donors (Lipinski definition) is 0. The third-order valence-electron chi connectivity index (χ3n) is 6.28. The SMILES string of the molecule is CCCCc1ccc2c(c1)c1cc(CCCC)ccc1n2-c1c(F)c(F)c(C(F)(F)F)c(F)c1F. The molecule has 3 aromatic carbocycles. The van der Waals surface area contributed by atoms with E-state index in [0.29, 0.717) is 10.8 Å². The zero-order valence-electron chi connectivity index (χ0n) is 19.3. The second-order valence-corrected chi connectivity index (χ2v) is 8.72. The number of alkyl halides is 3. The molecule has 0 aliphatic carbocycles. The summed E-state index contributed by atoms with van der Waals surface area (Å²) in [6.07, 6.45) is -0.308. The van der Waals surface area contributed by atoms with Crippen LogP contribution in [-0.4, -0.2) is 4.57 Å². The van der Waals surface area contributed by atoms with Crippen LogP contribution in [0.3, 0.4) is 0 Å². The average molecular weight is 495 g/mol. The molecular formula is C27H24F7N. The Hall–Kier alpha value is -3.03. The van der Waals surface area contributed by atoms with Gasteiger partial charge in [0.05, 0.1) is 11.0 Å². The normalized spacial score (nSPS) is 12.3. The number of rotatable bonds is 7. The Morgan fingerprint density at radius 3 is 1.46 bits per heavy atom. The van der Waals surface area contributed by atoms with Gasteiger partial charge in [-0.3, -0.25) is 0 Å². The Morgan fingerprint density at radius 2 is 1.09 bits per heavy atom. The molecule has 1 aromatic heterocycles. The molecule has 0 radical (unpaired) electrons. The standard InChI is InChI=1S/C27H24F7N/c1-3-5-7-15-9-11-19-17(13-15)18-14-16(8-6-4-2)10-12-20(18)35(19)26-24(30)22(28)21(27(32,33)34)23(29)25(26)31/h9-14H,3-8H2,1-2H3. The van der Waals surface area contributed by atoms with Crippen LogP contribution in [-0.2, 0) is 19.0 Å². The van der Waals surface area contributed by atoms with E-state index >= 15 is 8.78 Å². The Bertz CT molecular complexity index is 1300. The third-order valence-corrected chi connectivity index (χ3v) is 6.28. The van der Waals surface area contributed by atoms with Crippen LogP contribution in [0.25, 0.3) is 27.5 Å². The second kappa shape index (κ2) is 9.55. The number of aromatic nitrogens is 1. The quantitative estimate of drug-likeness (QED) is 0.178. The fraction of sp³-hybridized carbons (Fsp3) is 0.333. The van der Waals surface area contributed by atoms with E-state index in [0.717, 1.165) is 54.2 Å². The van der Waals surface area contributed by atoms with E-state index in [2.05, 4.69) is 0 Å². The minimum atomic E-state index is -5.60. The van der Waals surface area contributed by atoms with E-state index < -0.39 is 40.7 Å². The molecule has 0 amide bonds. The Kier molecular flexibility index (Phi) is 6.84. The molecule has 0 bridgehead atoms. The van der Waals surface area contributed by atoms with Gasteiger partial charge in [0, 0.05) is 10.8 Å². The van der Waals surface area contributed by atoms with Crippen molar-refractivity contribution in [1.82, 2.24) is 4.57 Å². The van der Waals surface area contributed by atoms with Gasteiger partial charge in [0.2, 0.25) is 0 Å². The first-order valence-electron chi connectivity index (χ1n) is 11.6. The van der Waals surface area contributed by atoms with E-state index in [1.807, 2.05) is 26.0 Å². The fourth-order valence-corrected chi connectivity index (χ4v) is 4.50. The molecule has 1 heterocycles. The van der Waals surface area contributed by atoms with Crippen LogP contribution in [0.4, 0.5) is 30.7 Å². The number of unbranched alkanes of at least 4 members (excludes halogenated alkanes) is 2. The predicted octanol–water partition coefficient (Wildman–Crippen LogP) is 9.04. The van der Waals surface area contributed by atoms with Gasteiger partial charge in [-0.25, -0.2) is 17.6 Å². The van der Waals surface area contributed by atoms with Gasteiger partial charge in [0.1, 0.15) is 11.3 Å². The van der Waals surface area contributed by atoms with Crippen molar-refractivity contribution in [3.05, 3.63) is 76.4 Å². The van der Waals surface area contributed by atoms with Crippen molar-refractivity contribution in [2.75, 3.05) is 0 Å². The van der Waals surface area contributed by atoms with E-state index in [1.54, 1.807) is 24.3 Å². The summed E-state index contributed by atoms with van der Waals surface area (Å²) in [6.45, 7) is 4.09. The number of benzene rings is 3. The van der Waals surface area contributed by atoms with Crippen molar-refractivity contribution in [3.8, 4) is 5.69 Å². The van der Waals surface area contributed by atoms with Crippen LogP contribution in [0, 0.1) is 23.3 Å². The average Bonchev–Trinajstić information content (AvgIpc) is 3.12. The molecule has 0 saturated heterocycles. The lowest BCUT2D eigenvalue weighted by Gasteiger charge is -2.16. The minimum Gasteiger partial charge on any atom is -0.304 e. The van der Waals surface area contributed by atoms with E-state index in [1.165, 1.54) is 0 Å². The summed E-state index contributed by atoms with van der Waals surface area (Å²) in [4.78, 5) is 0. The number of halogens is 7. The number of aryl methyl sites for hydroxylation is 2. The van der Waals surface area contributed by atoms with Crippen molar-refractivity contribution in [2.45, 2.75) is 58.5 Å². The summed E-state index contributed by atoms with van der Waals surface area (Å²) in [5.74, 6) is -9.14. The molecule has 0 fully saturated rings. The van der Waals surface area contributed by atoms with Crippen molar-refractivity contribution in [2.24, 2.45) is 0 Å². The highest BCUT2D eigenvalue weighted by atomic mass is 19.4. The Labute approximate surface area is 198 Å². The van der Waals surface area contributed by atoms with Crippen molar-refractivity contribution in [3.63, 3.8) is 0 Å². The molecule has 0 N–H and O–H groups in total. The molecule has 1 nitrogen and oxygen atoms in total. The van der Waals surface area contributed by atoms with Crippen LogP contribution in [0.5, 0.6) is 0 Å². The monoisotopic (exact) mass is 495 g/mol. The number of hydrogen-bond acceptors (Lipinski definition) is 0. The lowest BCUT2D eigenvalue weighted by atomic mass is 10.0. The van der Waals surface area contributed by atoms with Crippen molar-refractivity contribution in [1.29, 1.82) is 0 Å². The zero-order valence-corrected chi connectivity index (χ0v) is 19.3. The second-order valence-electron chi connectivity index (χ2n) is 8.72. The smallest absolute Gasteiger partial charge is 0.304 e. The molecule has 0 saturated carbocycles. The molecule has 186 valence electrons.